The maximum Gasteiger partial charge on any atom is 0.256 e. The Labute approximate surface area is 153 Å². The highest BCUT2D eigenvalue weighted by Crippen LogP contribution is 2.29. The van der Waals surface area contributed by atoms with Gasteiger partial charge in [-0.15, -0.1) is 0 Å². The first-order valence-corrected chi connectivity index (χ1v) is 9.28. The van der Waals surface area contributed by atoms with Crippen molar-refractivity contribution >= 4 is 10.9 Å². The number of benzene rings is 1. The molecule has 3 aromatic rings. The van der Waals surface area contributed by atoms with E-state index in [1.54, 1.807) is 11.6 Å². The van der Waals surface area contributed by atoms with Gasteiger partial charge >= 0.3 is 0 Å². The predicted octanol–water partition coefficient (Wildman–Crippen LogP) is 2.49. The van der Waals surface area contributed by atoms with Gasteiger partial charge in [0.25, 0.3) is 5.56 Å². The first-order chi connectivity index (χ1) is 12.5. The van der Waals surface area contributed by atoms with E-state index < -0.39 is 0 Å². The van der Waals surface area contributed by atoms with Crippen molar-refractivity contribution in [2.45, 2.75) is 33.2 Å². The molecule has 0 N–H and O–H groups in total. The average Bonchev–Trinajstić information content (AvgIpc) is 2.92. The van der Waals surface area contributed by atoms with Crippen molar-refractivity contribution < 1.29 is 0 Å². The maximum atomic E-state index is 12.6. The van der Waals surface area contributed by atoms with E-state index in [2.05, 4.69) is 45.8 Å². The Morgan fingerprint density at radius 2 is 1.88 bits per heavy atom. The predicted molar refractivity (Wildman–Crippen MR) is 105 cm³/mol. The molecule has 136 valence electrons. The summed E-state index contributed by atoms with van der Waals surface area (Å²) in [4.78, 5) is 19.5. The number of rotatable bonds is 3. The van der Waals surface area contributed by atoms with Crippen LogP contribution in [0.15, 0.2) is 29.1 Å². The molecule has 0 atom stereocenters. The first-order valence-electron chi connectivity index (χ1n) is 9.28. The van der Waals surface area contributed by atoms with Crippen molar-refractivity contribution in [1.29, 1.82) is 0 Å². The van der Waals surface area contributed by atoms with Crippen molar-refractivity contribution in [3.63, 3.8) is 0 Å². The van der Waals surface area contributed by atoms with Crippen molar-refractivity contribution in [1.82, 2.24) is 19.0 Å². The highest BCUT2D eigenvalue weighted by Gasteiger charge is 2.23. The largest absolute Gasteiger partial charge is 0.347 e. The molecule has 0 unspecified atom stereocenters. The van der Waals surface area contributed by atoms with Gasteiger partial charge < -0.3 is 4.57 Å². The van der Waals surface area contributed by atoms with Gasteiger partial charge in [0, 0.05) is 68.0 Å². The van der Waals surface area contributed by atoms with E-state index in [0.717, 1.165) is 49.6 Å². The van der Waals surface area contributed by atoms with Crippen LogP contribution in [0.3, 0.4) is 0 Å². The Morgan fingerprint density at radius 1 is 1.12 bits per heavy atom. The second-order valence-corrected chi connectivity index (χ2v) is 7.36. The van der Waals surface area contributed by atoms with Crippen LogP contribution in [-0.4, -0.2) is 32.1 Å². The van der Waals surface area contributed by atoms with Gasteiger partial charge in [-0.05, 0) is 31.9 Å². The second-order valence-electron chi connectivity index (χ2n) is 7.36. The molecule has 0 saturated heterocycles. The molecule has 2 aromatic heterocycles. The summed E-state index contributed by atoms with van der Waals surface area (Å²) in [5.74, 6) is 0.773. The zero-order chi connectivity index (χ0) is 18.4. The Bertz CT molecular complexity index is 1040. The van der Waals surface area contributed by atoms with Crippen molar-refractivity contribution in [2.24, 2.45) is 14.1 Å². The molecule has 4 rings (SSSR count). The minimum Gasteiger partial charge on any atom is -0.347 e. The van der Waals surface area contributed by atoms with Gasteiger partial charge in [0.15, 0.2) is 0 Å². The lowest BCUT2D eigenvalue weighted by molar-refractivity contribution is 0.255. The summed E-state index contributed by atoms with van der Waals surface area (Å²) < 4.78 is 3.99. The lowest BCUT2D eigenvalue weighted by Gasteiger charge is -2.28. The zero-order valence-electron chi connectivity index (χ0n) is 16.0. The number of nitrogens with zero attached hydrogens (tertiary/aromatic N) is 4. The van der Waals surface area contributed by atoms with Crippen LogP contribution in [0.5, 0.6) is 0 Å². The molecule has 0 amide bonds. The van der Waals surface area contributed by atoms with E-state index in [9.17, 15) is 4.79 Å². The van der Waals surface area contributed by atoms with Crippen LogP contribution in [0, 0.1) is 13.8 Å². The van der Waals surface area contributed by atoms with Crippen molar-refractivity contribution in [3.8, 4) is 0 Å². The van der Waals surface area contributed by atoms with E-state index in [-0.39, 0.29) is 5.56 Å². The monoisotopic (exact) mass is 350 g/mol. The molecule has 5 heteroatoms. The minimum atomic E-state index is 0.0952. The van der Waals surface area contributed by atoms with Crippen LogP contribution in [0.2, 0.25) is 0 Å². The molecule has 1 aromatic carbocycles. The molecule has 0 aliphatic carbocycles. The second kappa shape index (κ2) is 6.40. The van der Waals surface area contributed by atoms with Crippen LogP contribution < -0.4 is 5.56 Å². The molecule has 0 spiro atoms. The van der Waals surface area contributed by atoms with Crippen molar-refractivity contribution in [3.05, 3.63) is 63.0 Å². The minimum absolute atomic E-state index is 0.0952. The van der Waals surface area contributed by atoms with E-state index >= 15 is 0 Å². The number of hydrogen-bond acceptors (Lipinski definition) is 3. The molecular formula is C21H26N4O. The van der Waals surface area contributed by atoms with Crippen molar-refractivity contribution in [2.75, 3.05) is 13.1 Å². The highest BCUT2D eigenvalue weighted by molar-refractivity contribution is 5.85. The highest BCUT2D eigenvalue weighted by atomic mass is 16.1. The van der Waals surface area contributed by atoms with E-state index in [0.29, 0.717) is 0 Å². The number of hydrogen-bond donors (Lipinski definition) is 0. The summed E-state index contributed by atoms with van der Waals surface area (Å²) in [6, 6.07) is 8.64. The molecular weight excluding hydrogens is 324 g/mol. The average molecular weight is 350 g/mol. The van der Waals surface area contributed by atoms with Gasteiger partial charge in [-0.1, -0.05) is 18.2 Å². The van der Waals surface area contributed by atoms with Gasteiger partial charge in [0.05, 0.1) is 0 Å². The first kappa shape index (κ1) is 17.0. The van der Waals surface area contributed by atoms with E-state index in [1.807, 2.05) is 13.8 Å². The Hall–Kier alpha value is -2.40. The quantitative estimate of drug-likeness (QED) is 0.729. The molecule has 0 radical (unpaired) electrons. The number of aryl methyl sites for hydroxylation is 3. The fourth-order valence-corrected chi connectivity index (χ4v) is 4.22. The smallest absolute Gasteiger partial charge is 0.256 e. The molecule has 5 nitrogen and oxygen atoms in total. The van der Waals surface area contributed by atoms with Gasteiger partial charge in [0.1, 0.15) is 5.82 Å². The fourth-order valence-electron chi connectivity index (χ4n) is 4.22. The normalized spacial score (nSPS) is 14.8. The molecule has 1 aliphatic rings. The Balaban J connectivity index is 1.57. The van der Waals surface area contributed by atoms with Crippen LogP contribution in [-0.2, 0) is 33.5 Å². The molecule has 1 aliphatic heterocycles. The van der Waals surface area contributed by atoms with E-state index in [1.165, 1.54) is 22.2 Å². The summed E-state index contributed by atoms with van der Waals surface area (Å²) in [5.41, 5.74) is 6.02. The third kappa shape index (κ3) is 2.67. The van der Waals surface area contributed by atoms with Crippen LogP contribution in [0.1, 0.15) is 28.3 Å². The summed E-state index contributed by atoms with van der Waals surface area (Å²) >= 11 is 0. The SMILES string of the molecule is Cc1nc(C)n(C)c(=O)c1CCN1CCc2c(c3ccccc3n2C)C1. The topological polar surface area (TPSA) is 43.1 Å². The molecule has 26 heavy (non-hydrogen) atoms. The van der Waals surface area contributed by atoms with Gasteiger partial charge in [-0.25, -0.2) is 4.98 Å². The van der Waals surface area contributed by atoms with Gasteiger partial charge in [0.2, 0.25) is 0 Å². The third-order valence-electron chi connectivity index (χ3n) is 5.88. The molecule has 0 fully saturated rings. The number of fused-ring (bicyclic) bond motifs is 3. The summed E-state index contributed by atoms with van der Waals surface area (Å²) in [5, 5.41) is 1.36. The summed E-state index contributed by atoms with van der Waals surface area (Å²) in [6.07, 6.45) is 1.82. The van der Waals surface area contributed by atoms with Crippen LogP contribution in [0.4, 0.5) is 0 Å². The lowest BCUT2D eigenvalue weighted by atomic mass is 10.0. The lowest BCUT2D eigenvalue weighted by Crippen LogP contribution is -2.34. The summed E-state index contributed by atoms with van der Waals surface area (Å²) in [7, 11) is 3.97. The number of para-hydroxylation sites is 1. The standard InChI is InChI=1S/C21H26N4O/c1-14-16(21(26)23(3)15(2)22-14)9-11-25-12-10-20-18(13-25)17-7-5-6-8-19(17)24(20)4/h5-8H,9-13H2,1-4H3. The zero-order valence-corrected chi connectivity index (χ0v) is 16.0. The Kier molecular flexibility index (Phi) is 4.19. The molecule has 0 bridgehead atoms. The summed E-state index contributed by atoms with van der Waals surface area (Å²) in [6.45, 7) is 6.71. The van der Waals surface area contributed by atoms with Gasteiger partial charge in [-0.2, -0.15) is 0 Å². The van der Waals surface area contributed by atoms with Crippen LogP contribution >= 0.6 is 0 Å². The molecule has 3 heterocycles. The maximum absolute atomic E-state index is 12.6. The third-order valence-corrected chi connectivity index (χ3v) is 5.88. The Morgan fingerprint density at radius 3 is 2.69 bits per heavy atom. The van der Waals surface area contributed by atoms with Crippen LogP contribution in [0.25, 0.3) is 10.9 Å². The fraction of sp³-hybridized carbons (Fsp3) is 0.429. The van der Waals surface area contributed by atoms with Gasteiger partial charge in [-0.3, -0.25) is 14.3 Å². The molecule has 0 saturated carbocycles. The number of aromatic nitrogens is 3. The van der Waals surface area contributed by atoms with E-state index in [4.69, 9.17) is 0 Å².